The van der Waals surface area contributed by atoms with Gasteiger partial charge in [0.05, 0.1) is 0 Å². The molecule has 0 atom stereocenters. The molecule has 0 aromatic heterocycles. The van der Waals surface area contributed by atoms with E-state index in [1.54, 1.807) is 15.3 Å². The number of allylic oxidation sites excluding steroid dienone is 5. The van der Waals surface area contributed by atoms with Crippen molar-refractivity contribution >= 4 is 6.48 Å². The predicted molar refractivity (Wildman–Crippen MR) is 141 cm³/mol. The molecule has 0 spiro atoms. The average molecular weight is 585 g/mol. The molecule has 0 amide bonds. The first-order valence-electron chi connectivity index (χ1n) is 11.9. The van der Waals surface area contributed by atoms with Crippen LogP contribution in [0.5, 0.6) is 0 Å². The van der Waals surface area contributed by atoms with E-state index in [-0.39, 0.29) is 24.8 Å². The van der Waals surface area contributed by atoms with E-state index in [2.05, 4.69) is 122 Å². The van der Waals surface area contributed by atoms with Crippen LogP contribution in [0, 0.1) is 0 Å². The van der Waals surface area contributed by atoms with Gasteiger partial charge in [-0.1, -0.05) is 0 Å². The maximum absolute atomic E-state index is 4.06. The van der Waals surface area contributed by atoms with Crippen LogP contribution in [-0.2, 0) is 27.7 Å². The van der Waals surface area contributed by atoms with Gasteiger partial charge in [0.15, 0.2) is 0 Å². The van der Waals surface area contributed by atoms with Gasteiger partial charge < -0.3 is 24.8 Å². The van der Waals surface area contributed by atoms with Crippen molar-refractivity contribution < 1.29 is 46.1 Å². The molecular weight excluding hydrogens is 558 g/mol. The Hall–Kier alpha value is -2.57. The molecule has 2 aliphatic carbocycles. The monoisotopic (exact) mass is 582 g/mol. The molecule has 0 saturated heterocycles. The standard InChI is InChI=1S/C13H9.C13H10.C7H7.2ClH.Zr/c1-3-7-12-10(5-1)9-11-6-2-4-8-13(11)12;1-3-7-12(8-4-1)11-13-9-5-2-6-10-13;1-2-7-5-3-4-6-7;;;/h1-5,7-8H,9H2;1-10H;2,5-6H,1,3H2;2*1H;/q;;;;;+2/p-2. The fourth-order valence-corrected chi connectivity index (χ4v) is 13.4. The van der Waals surface area contributed by atoms with E-state index in [1.807, 2.05) is 6.08 Å². The summed E-state index contributed by atoms with van der Waals surface area (Å²) >= 11 is -2.57. The predicted octanol–water partition coefficient (Wildman–Crippen LogP) is 1.18. The number of fused-ring (bicyclic) bond motifs is 3. The zero-order chi connectivity index (χ0) is 22.9. The van der Waals surface area contributed by atoms with E-state index in [1.165, 1.54) is 33.4 Å². The summed E-state index contributed by atoms with van der Waals surface area (Å²) in [4.78, 5) is 0. The molecule has 0 N–H and O–H groups in total. The number of benzene rings is 4. The van der Waals surface area contributed by atoms with E-state index < -0.39 is 21.3 Å². The van der Waals surface area contributed by atoms with Crippen LogP contribution in [0.25, 0.3) is 11.1 Å². The molecule has 36 heavy (non-hydrogen) atoms. The number of rotatable bonds is 5. The van der Waals surface area contributed by atoms with E-state index in [0.29, 0.717) is 0 Å². The van der Waals surface area contributed by atoms with E-state index in [0.717, 1.165) is 12.8 Å². The smallest absolute Gasteiger partial charge is 1.00 e. The molecule has 0 nitrogen and oxygen atoms in total. The minimum atomic E-state index is -2.57. The van der Waals surface area contributed by atoms with Gasteiger partial charge in [-0.15, -0.1) is 0 Å². The fourth-order valence-electron chi connectivity index (χ4n) is 5.39. The summed E-state index contributed by atoms with van der Waals surface area (Å²) in [7, 11) is 0. The molecule has 6 rings (SSSR count). The van der Waals surface area contributed by atoms with Crippen molar-refractivity contribution in [3.8, 4) is 11.1 Å². The quantitative estimate of drug-likeness (QED) is 0.291. The molecule has 4 aromatic carbocycles. The van der Waals surface area contributed by atoms with Gasteiger partial charge in [0.25, 0.3) is 0 Å². The van der Waals surface area contributed by atoms with Crippen LogP contribution in [0.15, 0.2) is 137 Å². The average Bonchev–Trinajstić information content (AvgIpc) is 3.53. The molecule has 2 aliphatic rings. The zero-order valence-electron chi connectivity index (χ0n) is 19.9. The minimum Gasteiger partial charge on any atom is -1.00 e. The summed E-state index contributed by atoms with van der Waals surface area (Å²) in [5, 5.41) is 0. The Morgan fingerprint density at radius 1 is 0.694 bits per heavy atom. The van der Waals surface area contributed by atoms with Crippen molar-refractivity contribution in [3.63, 3.8) is 0 Å². The summed E-state index contributed by atoms with van der Waals surface area (Å²) in [6.45, 7) is 4.06. The third kappa shape index (κ3) is 4.86. The van der Waals surface area contributed by atoms with Crippen molar-refractivity contribution in [2.75, 3.05) is 0 Å². The van der Waals surface area contributed by atoms with Gasteiger partial charge in [-0.25, -0.2) is 0 Å². The molecule has 0 bridgehead atoms. The van der Waals surface area contributed by atoms with Crippen molar-refractivity contribution in [2.24, 2.45) is 0 Å². The van der Waals surface area contributed by atoms with Crippen LogP contribution < -0.4 is 28.1 Å². The molecule has 0 saturated carbocycles. The van der Waals surface area contributed by atoms with Gasteiger partial charge in [0.2, 0.25) is 0 Å². The van der Waals surface area contributed by atoms with Gasteiger partial charge in [-0.2, -0.15) is 0 Å². The first-order valence-corrected chi connectivity index (χ1v) is 15.6. The third-order valence-electron chi connectivity index (χ3n) is 6.95. The molecule has 0 heterocycles. The van der Waals surface area contributed by atoms with Crippen LogP contribution in [-0.4, -0.2) is 3.21 Å². The Morgan fingerprint density at radius 2 is 1.31 bits per heavy atom. The van der Waals surface area contributed by atoms with Crippen LogP contribution >= 0.6 is 0 Å². The second kappa shape index (κ2) is 11.7. The number of hydrogen-bond acceptors (Lipinski definition) is 0. The molecule has 0 fully saturated rings. The second-order valence-corrected chi connectivity index (χ2v) is 14.9. The van der Waals surface area contributed by atoms with E-state index >= 15 is 0 Å². The minimum absolute atomic E-state index is 0. The van der Waals surface area contributed by atoms with Gasteiger partial charge in [0, 0.05) is 0 Å². The fraction of sp³-hybridized carbons (Fsp3) is 0.0606. The second-order valence-electron chi connectivity index (χ2n) is 8.93. The van der Waals surface area contributed by atoms with Crippen LogP contribution in [0.2, 0.25) is 0 Å². The Morgan fingerprint density at radius 3 is 1.94 bits per heavy atom. The topological polar surface area (TPSA) is 0 Å². The van der Waals surface area contributed by atoms with Crippen LogP contribution in [0.3, 0.4) is 0 Å². The molecule has 0 unspecified atom stereocenters. The number of halogens is 2. The Bertz CT molecular complexity index is 1450. The normalized spacial score (nSPS) is 12.5. The molecule has 176 valence electrons. The molecule has 3 heteroatoms. The first kappa shape index (κ1) is 26.5. The maximum atomic E-state index is 4.06. The molecule has 0 radical (unpaired) electrons. The van der Waals surface area contributed by atoms with Crippen LogP contribution in [0.4, 0.5) is 0 Å². The number of hydrogen-bond donors (Lipinski definition) is 0. The van der Waals surface area contributed by atoms with Crippen molar-refractivity contribution in [1.29, 1.82) is 0 Å². The summed E-state index contributed by atoms with van der Waals surface area (Å²) < 4.78 is 4.81. The summed E-state index contributed by atoms with van der Waals surface area (Å²) in [6.07, 6.45) is 8.88. The molecule has 0 aliphatic heterocycles. The van der Waals surface area contributed by atoms with Crippen molar-refractivity contribution in [3.05, 3.63) is 159 Å². The van der Waals surface area contributed by atoms with Gasteiger partial charge in [-0.05, 0) is 0 Å². The summed E-state index contributed by atoms with van der Waals surface area (Å²) in [5.74, 6) is 0. The Kier molecular flexibility index (Phi) is 8.58. The molecular formula is C33H26Cl2Zr. The largest absolute Gasteiger partial charge is 1.00 e. The van der Waals surface area contributed by atoms with E-state index in [9.17, 15) is 0 Å². The van der Waals surface area contributed by atoms with Gasteiger partial charge in [0.1, 0.15) is 0 Å². The van der Waals surface area contributed by atoms with E-state index in [4.69, 9.17) is 0 Å². The Labute approximate surface area is 234 Å². The summed E-state index contributed by atoms with van der Waals surface area (Å²) in [5.41, 5.74) is 9.85. The van der Waals surface area contributed by atoms with Crippen molar-refractivity contribution in [1.82, 2.24) is 0 Å². The summed E-state index contributed by atoms with van der Waals surface area (Å²) in [6, 6.07) is 38.2. The molecule has 4 aromatic rings. The van der Waals surface area contributed by atoms with Gasteiger partial charge >= 0.3 is 211 Å². The first-order chi connectivity index (χ1) is 16.8. The van der Waals surface area contributed by atoms with Crippen LogP contribution in [0.1, 0.15) is 28.7 Å². The maximum Gasteiger partial charge on any atom is -1.00 e. The Balaban J connectivity index is 0.00000152. The third-order valence-corrected chi connectivity index (χ3v) is 14.5. The van der Waals surface area contributed by atoms with Crippen molar-refractivity contribution in [2.45, 2.75) is 12.8 Å². The SMILES string of the molecule is C=CC1=CC[C]([Zr+2](=[C](c2ccccc2)c2ccccc2)[c]2cccc3c2Cc2ccccc2-3)=C1.[Cl-].[Cl-]. The zero-order valence-corrected chi connectivity index (χ0v) is 23.9. The van der Waals surface area contributed by atoms with Gasteiger partial charge in [-0.3, -0.25) is 0 Å².